The summed E-state index contributed by atoms with van der Waals surface area (Å²) >= 11 is 0. The molecule has 0 aliphatic rings. The predicted molar refractivity (Wildman–Crippen MR) is 120 cm³/mol. The Bertz CT molecular complexity index is 1290. The lowest BCUT2D eigenvalue weighted by Gasteiger charge is -2.12. The summed E-state index contributed by atoms with van der Waals surface area (Å²) < 4.78 is 46.6. The van der Waals surface area contributed by atoms with Crippen molar-refractivity contribution < 1.29 is 32.3 Å². The number of hydrogen-bond donors (Lipinski definition) is 2. The van der Waals surface area contributed by atoms with E-state index in [9.17, 15) is 27.6 Å². The molecule has 0 saturated carbocycles. The molecule has 0 aliphatic carbocycles. The first-order chi connectivity index (χ1) is 16.5. The molecular weight excluding hydrogens is 467 g/mol. The van der Waals surface area contributed by atoms with Crippen LogP contribution in [0.15, 0.2) is 24.4 Å². The van der Waals surface area contributed by atoms with Gasteiger partial charge in [-0.3, -0.25) is 9.59 Å². The molecule has 3 aromatic rings. The third-order valence-corrected chi connectivity index (χ3v) is 4.98. The number of rotatable bonds is 8. The van der Waals surface area contributed by atoms with Gasteiger partial charge in [0, 0.05) is 11.7 Å². The maximum absolute atomic E-state index is 13.6. The average Bonchev–Trinajstić information content (AvgIpc) is 3.25. The minimum Gasteiger partial charge on any atom is -0.452 e. The third kappa shape index (κ3) is 5.76. The highest BCUT2D eigenvalue weighted by Crippen LogP contribution is 2.25. The van der Waals surface area contributed by atoms with Crippen LogP contribution in [0, 0.1) is 17.5 Å². The Morgan fingerprint density at radius 3 is 2.43 bits per heavy atom. The van der Waals surface area contributed by atoms with Crippen LogP contribution in [0.25, 0.3) is 11.0 Å². The normalized spacial score (nSPS) is 11.2. The first-order valence-electron chi connectivity index (χ1n) is 10.7. The minimum atomic E-state index is -1.73. The first kappa shape index (κ1) is 25.7. The van der Waals surface area contributed by atoms with Crippen LogP contribution >= 0.6 is 0 Å². The molecule has 12 heteroatoms. The topological polar surface area (TPSA) is 115 Å². The highest BCUT2D eigenvalue weighted by molar-refractivity contribution is 6.03. The molecule has 0 saturated heterocycles. The van der Waals surface area contributed by atoms with Crippen molar-refractivity contribution in [2.24, 2.45) is 0 Å². The lowest BCUT2D eigenvalue weighted by Crippen LogP contribution is -2.35. The van der Waals surface area contributed by atoms with Gasteiger partial charge in [0.15, 0.2) is 29.7 Å². The van der Waals surface area contributed by atoms with Crippen molar-refractivity contribution in [3.63, 3.8) is 0 Å². The lowest BCUT2D eigenvalue weighted by molar-refractivity contribution is -0.126. The maximum Gasteiger partial charge on any atom is 0.339 e. The fourth-order valence-corrected chi connectivity index (χ4v) is 3.14. The van der Waals surface area contributed by atoms with Gasteiger partial charge in [-0.2, -0.15) is 5.10 Å². The summed E-state index contributed by atoms with van der Waals surface area (Å²) in [6, 6.07) is 3.08. The van der Waals surface area contributed by atoms with Crippen LogP contribution in [0.4, 0.5) is 18.9 Å². The van der Waals surface area contributed by atoms with E-state index in [1.165, 1.54) is 6.20 Å². The quantitative estimate of drug-likeness (QED) is 0.368. The second-order valence-electron chi connectivity index (χ2n) is 8.29. The summed E-state index contributed by atoms with van der Waals surface area (Å²) in [4.78, 5) is 41.3. The van der Waals surface area contributed by atoms with Gasteiger partial charge in [-0.05, 0) is 38.0 Å². The molecule has 3 rings (SSSR count). The van der Waals surface area contributed by atoms with Crippen molar-refractivity contribution >= 4 is 34.5 Å². The molecule has 0 radical (unpaired) electrons. The number of aromatic nitrogens is 3. The van der Waals surface area contributed by atoms with Gasteiger partial charge in [0.05, 0.1) is 29.4 Å². The van der Waals surface area contributed by atoms with Gasteiger partial charge in [-0.25, -0.2) is 27.6 Å². The van der Waals surface area contributed by atoms with E-state index in [1.54, 1.807) is 10.7 Å². The highest BCUT2D eigenvalue weighted by atomic mass is 19.2. The molecule has 0 bridgehead atoms. The second kappa shape index (κ2) is 10.5. The zero-order valence-electron chi connectivity index (χ0n) is 19.5. The van der Waals surface area contributed by atoms with Gasteiger partial charge < -0.3 is 15.4 Å². The predicted octanol–water partition coefficient (Wildman–Crippen LogP) is 3.46. The molecule has 0 aliphatic heterocycles. The molecule has 2 heterocycles. The van der Waals surface area contributed by atoms with E-state index in [4.69, 9.17) is 4.74 Å². The van der Waals surface area contributed by atoms with E-state index < -0.39 is 54.1 Å². The maximum atomic E-state index is 13.6. The van der Waals surface area contributed by atoms with Crippen molar-refractivity contribution in [3.05, 3.63) is 53.1 Å². The highest BCUT2D eigenvalue weighted by Gasteiger charge is 2.21. The van der Waals surface area contributed by atoms with E-state index in [2.05, 4.69) is 15.4 Å². The summed E-state index contributed by atoms with van der Waals surface area (Å²) in [5, 5.41) is 8.97. The number of esters is 1. The van der Waals surface area contributed by atoms with Crippen molar-refractivity contribution in [3.8, 4) is 0 Å². The number of nitrogens with one attached hydrogen (secondary N) is 2. The summed E-state index contributed by atoms with van der Waals surface area (Å²) in [5.41, 5.74) is 0.783. The lowest BCUT2D eigenvalue weighted by atomic mass is 10.1. The number of pyridine rings is 1. The van der Waals surface area contributed by atoms with Crippen molar-refractivity contribution in [2.75, 3.05) is 18.5 Å². The fraction of sp³-hybridized carbons (Fsp3) is 0.348. The third-order valence-electron chi connectivity index (χ3n) is 4.98. The number of nitrogens with zero attached hydrogens (tertiary/aromatic N) is 3. The van der Waals surface area contributed by atoms with Crippen LogP contribution in [0.3, 0.4) is 0 Å². The number of carbonyl (C=O) groups is 3. The first-order valence-corrected chi connectivity index (χ1v) is 10.7. The molecule has 0 unspecified atom stereocenters. The van der Waals surface area contributed by atoms with Crippen LogP contribution in [-0.2, 0) is 14.3 Å². The van der Waals surface area contributed by atoms with Gasteiger partial charge >= 0.3 is 5.97 Å². The number of benzene rings is 1. The van der Waals surface area contributed by atoms with E-state index in [0.717, 1.165) is 6.07 Å². The monoisotopic (exact) mass is 491 g/mol. The Labute approximate surface area is 198 Å². The summed E-state index contributed by atoms with van der Waals surface area (Å²) in [7, 11) is 0. The Morgan fingerprint density at radius 1 is 1.06 bits per heavy atom. The molecule has 0 spiro atoms. The minimum absolute atomic E-state index is 0.00286. The number of anilines is 1. The number of fused-ring (bicyclic) bond motifs is 1. The molecule has 35 heavy (non-hydrogen) atoms. The molecule has 0 atom stereocenters. The number of ether oxygens (including phenoxy) is 1. The SMILES string of the molecule is CC(C)c1cc(C(=O)OCC(=O)NCC(=O)Nc2ccc(F)c(F)c2F)c2cnn(C(C)C)c2n1. The van der Waals surface area contributed by atoms with Crippen LogP contribution in [-0.4, -0.2) is 45.7 Å². The fourth-order valence-electron chi connectivity index (χ4n) is 3.14. The van der Waals surface area contributed by atoms with E-state index in [-0.39, 0.29) is 17.5 Å². The molecule has 2 aromatic heterocycles. The molecule has 186 valence electrons. The molecule has 0 fully saturated rings. The second-order valence-corrected chi connectivity index (χ2v) is 8.29. The standard InChI is InChI=1S/C23H24F3N5O4/c1-11(2)17-7-13(14-8-28-31(12(3)4)22(14)30-17)23(34)35-10-19(33)27-9-18(32)29-16-6-5-15(24)20(25)21(16)26/h5-8,11-12H,9-10H2,1-4H3,(H,27,33)(H,29,32). The zero-order valence-corrected chi connectivity index (χ0v) is 19.5. The largest absolute Gasteiger partial charge is 0.452 e. The van der Waals surface area contributed by atoms with Gasteiger partial charge in [0.25, 0.3) is 5.91 Å². The van der Waals surface area contributed by atoms with Gasteiger partial charge in [-0.1, -0.05) is 13.8 Å². The van der Waals surface area contributed by atoms with Crippen molar-refractivity contribution in [1.82, 2.24) is 20.1 Å². The smallest absolute Gasteiger partial charge is 0.339 e. The number of amides is 2. The Balaban J connectivity index is 1.62. The van der Waals surface area contributed by atoms with Crippen molar-refractivity contribution in [1.29, 1.82) is 0 Å². The van der Waals surface area contributed by atoms with E-state index >= 15 is 0 Å². The van der Waals surface area contributed by atoms with Crippen molar-refractivity contribution in [2.45, 2.75) is 39.7 Å². The zero-order chi connectivity index (χ0) is 25.9. The van der Waals surface area contributed by atoms with Crippen LogP contribution in [0.2, 0.25) is 0 Å². The Morgan fingerprint density at radius 2 is 1.77 bits per heavy atom. The number of halogens is 3. The van der Waals surface area contributed by atoms with Gasteiger partial charge in [-0.15, -0.1) is 0 Å². The average molecular weight is 491 g/mol. The van der Waals surface area contributed by atoms with Gasteiger partial charge in [0.2, 0.25) is 5.91 Å². The molecular formula is C23H24F3N5O4. The summed E-state index contributed by atoms with van der Waals surface area (Å²) in [5.74, 6) is -7.15. The molecule has 9 nitrogen and oxygen atoms in total. The van der Waals surface area contributed by atoms with Crippen LogP contribution < -0.4 is 10.6 Å². The van der Waals surface area contributed by atoms with E-state index in [1.807, 2.05) is 33.0 Å². The Hall–Kier alpha value is -3.96. The molecule has 2 amide bonds. The van der Waals surface area contributed by atoms with Crippen LogP contribution in [0.1, 0.15) is 55.7 Å². The Kier molecular flexibility index (Phi) is 7.72. The molecule has 1 aromatic carbocycles. The van der Waals surface area contributed by atoms with E-state index in [0.29, 0.717) is 22.8 Å². The number of hydrogen-bond acceptors (Lipinski definition) is 6. The summed E-state index contributed by atoms with van der Waals surface area (Å²) in [6.45, 7) is 6.39. The summed E-state index contributed by atoms with van der Waals surface area (Å²) in [6.07, 6.45) is 1.50. The number of carbonyl (C=O) groups excluding carboxylic acids is 3. The molecule has 2 N–H and O–H groups in total. The van der Waals surface area contributed by atoms with Gasteiger partial charge in [0.1, 0.15) is 0 Å². The van der Waals surface area contributed by atoms with Crippen LogP contribution in [0.5, 0.6) is 0 Å².